The number of esters is 1. The van der Waals surface area contributed by atoms with Gasteiger partial charge in [0.1, 0.15) is 5.60 Å². The first-order valence-electron chi connectivity index (χ1n) is 8.30. The van der Waals surface area contributed by atoms with Crippen LogP contribution in [0.3, 0.4) is 0 Å². The summed E-state index contributed by atoms with van der Waals surface area (Å²) in [6.07, 6.45) is 3.63. The zero-order valence-corrected chi connectivity index (χ0v) is 17.7. The first-order valence-corrected chi connectivity index (χ1v) is 11.6. The summed E-state index contributed by atoms with van der Waals surface area (Å²) in [7, 11) is 1.36. The molecule has 2 aromatic rings. The smallest absolute Gasteiger partial charge is 0.359 e. The summed E-state index contributed by atoms with van der Waals surface area (Å²) in [4.78, 5) is 21.7. The van der Waals surface area contributed by atoms with Gasteiger partial charge < -0.3 is 8.92 Å². The summed E-state index contributed by atoms with van der Waals surface area (Å²) < 4.78 is 10.8. The third kappa shape index (κ3) is 6.71. The summed E-state index contributed by atoms with van der Waals surface area (Å²) in [6.45, 7) is 6.29. The molecule has 0 spiro atoms. The number of carbonyl (C=O) groups excluding carboxylic acids is 1. The van der Waals surface area contributed by atoms with Gasteiger partial charge in [-0.1, -0.05) is 18.6 Å². The van der Waals surface area contributed by atoms with Crippen LogP contribution in [0.1, 0.15) is 56.2 Å². The van der Waals surface area contributed by atoms with Crippen LogP contribution >= 0.6 is 30.4 Å². The highest BCUT2D eigenvalue weighted by Gasteiger charge is 2.23. The van der Waals surface area contributed by atoms with Crippen LogP contribution in [0.5, 0.6) is 0 Å². The van der Waals surface area contributed by atoms with Crippen LogP contribution in [-0.4, -0.2) is 28.1 Å². The number of fused-ring (bicyclic) bond motifs is 1. The number of unbranched alkanes of at least 4 members (excludes halogenated alkanes) is 2. The van der Waals surface area contributed by atoms with Crippen LogP contribution < -0.4 is 0 Å². The molecule has 1 heterocycles. The SMILES string of the molecule is CC(C)(C)OC(=O)c1nc2ccccc2nc1CCCCCOSI. The maximum absolute atomic E-state index is 12.6. The minimum atomic E-state index is -0.559. The highest BCUT2D eigenvalue weighted by Crippen LogP contribution is 2.19. The highest BCUT2D eigenvalue weighted by molar-refractivity contribution is 14.2. The molecule has 5 nitrogen and oxygen atoms in total. The summed E-state index contributed by atoms with van der Waals surface area (Å²) >= 11 is 2.11. The lowest BCUT2D eigenvalue weighted by molar-refractivity contribution is 0.00613. The van der Waals surface area contributed by atoms with Gasteiger partial charge >= 0.3 is 5.97 Å². The second kappa shape index (κ2) is 9.68. The minimum Gasteiger partial charge on any atom is -0.455 e. The van der Waals surface area contributed by atoms with E-state index in [9.17, 15) is 4.79 Å². The number of rotatable bonds is 8. The van der Waals surface area contributed by atoms with Crippen LogP contribution in [-0.2, 0) is 15.3 Å². The zero-order valence-electron chi connectivity index (χ0n) is 14.8. The van der Waals surface area contributed by atoms with Crippen molar-refractivity contribution in [2.75, 3.05) is 6.61 Å². The molecule has 0 aliphatic heterocycles. The number of hydrogen-bond acceptors (Lipinski definition) is 6. The second-order valence-electron chi connectivity index (χ2n) is 6.71. The zero-order chi connectivity index (χ0) is 18.3. The van der Waals surface area contributed by atoms with E-state index in [1.165, 1.54) is 9.21 Å². The van der Waals surface area contributed by atoms with Crippen LogP contribution in [0.25, 0.3) is 11.0 Å². The molecule has 0 aliphatic carbocycles. The largest absolute Gasteiger partial charge is 0.455 e. The fraction of sp³-hybridized carbons (Fsp3) is 0.500. The molecule has 1 aromatic heterocycles. The Morgan fingerprint density at radius 2 is 1.80 bits per heavy atom. The van der Waals surface area contributed by atoms with E-state index in [4.69, 9.17) is 8.92 Å². The van der Waals surface area contributed by atoms with Gasteiger partial charge in [-0.15, -0.1) is 0 Å². The predicted octanol–water partition coefficient (Wildman–Crippen LogP) is 5.31. The Balaban J connectivity index is 2.17. The molecule has 0 bridgehead atoms. The molecule has 7 heteroatoms. The molecular formula is C18H23IN2O3S. The topological polar surface area (TPSA) is 61.3 Å². The van der Waals surface area contributed by atoms with E-state index >= 15 is 0 Å². The van der Waals surface area contributed by atoms with Gasteiger partial charge in [-0.3, -0.25) is 0 Å². The van der Waals surface area contributed by atoms with Crippen molar-refractivity contribution in [1.82, 2.24) is 9.97 Å². The molecule has 0 atom stereocenters. The van der Waals surface area contributed by atoms with E-state index in [0.29, 0.717) is 23.3 Å². The fourth-order valence-corrected chi connectivity index (χ4v) is 3.08. The molecule has 0 saturated heterocycles. The van der Waals surface area contributed by atoms with Gasteiger partial charge in [0.15, 0.2) is 5.69 Å². The van der Waals surface area contributed by atoms with Crippen molar-refractivity contribution in [3.05, 3.63) is 35.7 Å². The molecule has 1 aromatic carbocycles. The molecule has 25 heavy (non-hydrogen) atoms. The molecule has 0 fully saturated rings. The number of aromatic nitrogens is 2. The van der Waals surface area contributed by atoms with Crippen molar-refractivity contribution in [3.63, 3.8) is 0 Å². The molecule has 136 valence electrons. The van der Waals surface area contributed by atoms with Gasteiger partial charge in [-0.25, -0.2) is 14.8 Å². The number of ether oxygens (including phenoxy) is 1. The number of halogens is 1. The van der Waals surface area contributed by atoms with Gasteiger partial charge in [0.2, 0.25) is 0 Å². The van der Waals surface area contributed by atoms with Crippen molar-refractivity contribution in [3.8, 4) is 0 Å². The van der Waals surface area contributed by atoms with Crippen LogP contribution in [0.15, 0.2) is 24.3 Å². The lowest BCUT2D eigenvalue weighted by atomic mass is 10.1. The third-order valence-corrected chi connectivity index (χ3v) is 4.44. The Labute approximate surface area is 165 Å². The van der Waals surface area contributed by atoms with Gasteiger partial charge in [0, 0.05) is 21.2 Å². The predicted molar refractivity (Wildman–Crippen MR) is 110 cm³/mol. The van der Waals surface area contributed by atoms with Gasteiger partial charge in [0.05, 0.1) is 32.5 Å². The fourth-order valence-electron chi connectivity index (χ4n) is 2.36. The van der Waals surface area contributed by atoms with E-state index in [2.05, 4.69) is 31.2 Å². The molecule has 0 aliphatic rings. The summed E-state index contributed by atoms with van der Waals surface area (Å²) in [5.74, 6) is -0.412. The molecule has 0 unspecified atom stereocenters. The normalized spacial score (nSPS) is 11.7. The summed E-state index contributed by atoms with van der Waals surface area (Å²) in [5, 5.41) is 0. The number of hydrogen-bond donors (Lipinski definition) is 0. The number of aryl methyl sites for hydroxylation is 1. The van der Waals surface area contributed by atoms with Crippen molar-refractivity contribution >= 4 is 47.4 Å². The number of para-hydroxylation sites is 2. The Morgan fingerprint density at radius 1 is 1.12 bits per heavy atom. The van der Waals surface area contributed by atoms with Crippen molar-refractivity contribution in [1.29, 1.82) is 0 Å². The molecule has 0 saturated carbocycles. The number of nitrogens with zero attached hydrogens (tertiary/aromatic N) is 2. The maximum Gasteiger partial charge on any atom is 0.359 e. The Bertz CT molecular complexity index is 719. The van der Waals surface area contributed by atoms with E-state index < -0.39 is 11.6 Å². The molecule has 0 radical (unpaired) electrons. The first kappa shape index (κ1) is 20.4. The number of carbonyl (C=O) groups is 1. The quantitative estimate of drug-likeness (QED) is 0.224. The number of benzene rings is 1. The Hall–Kier alpha value is -0.930. The van der Waals surface area contributed by atoms with E-state index in [-0.39, 0.29) is 0 Å². The summed E-state index contributed by atoms with van der Waals surface area (Å²) in [6, 6.07) is 7.59. The van der Waals surface area contributed by atoms with Gasteiger partial charge in [0.25, 0.3) is 0 Å². The monoisotopic (exact) mass is 474 g/mol. The lowest BCUT2D eigenvalue weighted by Crippen LogP contribution is -2.25. The Kier molecular flexibility index (Phi) is 7.89. The average Bonchev–Trinajstić information content (AvgIpc) is 2.55. The minimum absolute atomic E-state index is 0.327. The van der Waals surface area contributed by atoms with Crippen molar-refractivity contribution < 1.29 is 13.7 Å². The van der Waals surface area contributed by atoms with Crippen LogP contribution in [0.4, 0.5) is 0 Å². The lowest BCUT2D eigenvalue weighted by Gasteiger charge is -2.20. The third-order valence-electron chi connectivity index (χ3n) is 3.42. The maximum atomic E-state index is 12.6. The molecule has 2 rings (SSSR count). The van der Waals surface area contributed by atoms with E-state index in [1.807, 2.05) is 45.0 Å². The second-order valence-corrected chi connectivity index (χ2v) is 8.15. The van der Waals surface area contributed by atoms with E-state index in [0.717, 1.165) is 31.4 Å². The standard InChI is InChI=1S/C18H23IN2O3S/c1-18(2,3)24-17(22)16-15(11-5-4-8-12-23-25-19)20-13-9-6-7-10-14(13)21-16/h6-7,9-10H,4-5,8,11-12H2,1-3H3. The first-order chi connectivity index (χ1) is 11.9. The van der Waals surface area contributed by atoms with Crippen LogP contribution in [0.2, 0.25) is 0 Å². The highest BCUT2D eigenvalue weighted by atomic mass is 127. The molecule has 0 N–H and O–H groups in total. The average molecular weight is 474 g/mol. The Morgan fingerprint density at radius 3 is 2.44 bits per heavy atom. The summed E-state index contributed by atoms with van der Waals surface area (Å²) in [5.41, 5.74) is 1.98. The van der Waals surface area contributed by atoms with Crippen LogP contribution in [0, 0.1) is 0 Å². The van der Waals surface area contributed by atoms with Gasteiger partial charge in [-0.05, 0) is 52.2 Å². The van der Waals surface area contributed by atoms with Crippen molar-refractivity contribution in [2.45, 2.75) is 52.1 Å². The van der Waals surface area contributed by atoms with E-state index in [1.54, 1.807) is 0 Å². The molecular weight excluding hydrogens is 451 g/mol. The van der Waals surface area contributed by atoms with Crippen molar-refractivity contribution in [2.24, 2.45) is 0 Å². The molecule has 0 amide bonds. The van der Waals surface area contributed by atoms with Gasteiger partial charge in [-0.2, -0.15) is 0 Å².